The first-order chi connectivity index (χ1) is 16.4. The molecule has 1 aromatic heterocycles. The summed E-state index contributed by atoms with van der Waals surface area (Å²) in [6.07, 6.45) is -0.258. The minimum atomic E-state index is -1.50. The van der Waals surface area contributed by atoms with Gasteiger partial charge in [0.15, 0.2) is 10.8 Å². The lowest BCUT2D eigenvalue weighted by Gasteiger charge is -2.37. The van der Waals surface area contributed by atoms with Gasteiger partial charge in [-0.3, -0.25) is 14.9 Å². The second-order valence-electron chi connectivity index (χ2n) is 9.05. The maximum absolute atomic E-state index is 13.1. The molecule has 2 fully saturated rings. The van der Waals surface area contributed by atoms with E-state index in [9.17, 15) is 24.3 Å². The van der Waals surface area contributed by atoms with Crippen LogP contribution in [0.15, 0.2) is 10.5 Å². The topological polar surface area (TPSA) is 206 Å². The monoisotopic (exact) mass is 511 g/mol. The van der Waals surface area contributed by atoms with Crippen molar-refractivity contribution in [2.75, 3.05) is 25.0 Å². The van der Waals surface area contributed by atoms with Crippen LogP contribution in [0.2, 0.25) is 0 Å². The summed E-state index contributed by atoms with van der Waals surface area (Å²) in [6, 6.07) is -1.21. The van der Waals surface area contributed by atoms with E-state index in [2.05, 4.69) is 31.4 Å². The highest BCUT2D eigenvalue weighted by atomic mass is 32.1. The molecule has 192 valence electrons. The Balaban J connectivity index is 1.75. The number of thiazole rings is 1. The van der Waals surface area contributed by atoms with E-state index in [1.54, 1.807) is 20.8 Å². The molecule has 15 heteroatoms. The zero-order chi connectivity index (χ0) is 25.8. The van der Waals surface area contributed by atoms with Crippen LogP contribution in [-0.2, 0) is 24.0 Å². The summed E-state index contributed by atoms with van der Waals surface area (Å²) in [5.41, 5.74) is 2.92. The van der Waals surface area contributed by atoms with Crippen LogP contribution in [0.5, 0.6) is 0 Å². The first-order valence-corrected chi connectivity index (χ1v) is 11.8. The van der Waals surface area contributed by atoms with Gasteiger partial charge in [0.25, 0.3) is 5.91 Å². The molecule has 2 aliphatic rings. The number of β-lactam (4-membered cyclic amide) rings is 1. The quantitative estimate of drug-likeness (QED) is 0.0958. The molecule has 1 saturated heterocycles. The molecule has 0 bridgehead atoms. The first kappa shape index (κ1) is 26.3. The van der Waals surface area contributed by atoms with Gasteiger partial charge in [-0.05, 0) is 20.8 Å². The predicted molar refractivity (Wildman–Crippen MR) is 125 cm³/mol. The van der Waals surface area contributed by atoms with Gasteiger partial charge >= 0.3 is 12.1 Å². The van der Waals surface area contributed by atoms with Crippen molar-refractivity contribution >= 4 is 46.1 Å². The molecule has 0 aromatic carbocycles. The third-order valence-corrected chi connectivity index (χ3v) is 5.72. The number of rotatable bonds is 11. The number of nitrogens with zero attached hydrogens (tertiary/aromatic N) is 2. The van der Waals surface area contributed by atoms with Crippen molar-refractivity contribution in [3.63, 3.8) is 0 Å². The lowest BCUT2D eigenvalue weighted by molar-refractivity contribution is -0.153. The number of nitrogens with one attached hydrogen (secondary N) is 4. The fourth-order valence-electron chi connectivity index (χ4n) is 2.97. The number of carbonyl (C=O) groups excluding carboxylic acids is 3. The summed E-state index contributed by atoms with van der Waals surface area (Å²) in [5, 5.41) is 25.5. The van der Waals surface area contributed by atoms with E-state index < -0.39 is 35.2 Å². The van der Waals surface area contributed by atoms with E-state index in [-0.39, 0.29) is 41.3 Å². The number of anilines is 1. The molecule has 0 unspecified atom stereocenters. The third-order valence-electron chi connectivity index (χ3n) is 4.96. The number of carboxylic acids is 1. The molecule has 35 heavy (non-hydrogen) atoms. The summed E-state index contributed by atoms with van der Waals surface area (Å²) >= 11 is 1.00. The highest BCUT2D eigenvalue weighted by Gasteiger charge is 2.54. The van der Waals surface area contributed by atoms with E-state index in [0.29, 0.717) is 19.6 Å². The minimum Gasteiger partial charge on any atom is -0.478 e. The molecule has 3 amide bonds. The molecule has 1 saturated carbocycles. The molecule has 2 heterocycles. The van der Waals surface area contributed by atoms with Gasteiger partial charge in [-0.2, -0.15) is 0 Å². The highest BCUT2D eigenvalue weighted by Crippen LogP contribution is 2.40. The number of aromatic nitrogens is 1. The SMILES string of the molecule is CC(C)(C)OC(=O)Nc1nc(/C(=N/OC2(C(=O)O)CC2)C(=O)N[C@@H]2C(=O)N[C@@H]2CNCCN)cs1. The van der Waals surface area contributed by atoms with Crippen molar-refractivity contribution in [2.45, 2.75) is 56.9 Å². The summed E-state index contributed by atoms with van der Waals surface area (Å²) in [7, 11) is 0. The van der Waals surface area contributed by atoms with Gasteiger partial charge in [-0.1, -0.05) is 5.16 Å². The Kier molecular flexibility index (Phi) is 7.92. The van der Waals surface area contributed by atoms with Gasteiger partial charge in [0.2, 0.25) is 11.5 Å². The molecule has 0 spiro atoms. The number of amides is 3. The zero-order valence-electron chi connectivity index (χ0n) is 19.5. The number of carbonyl (C=O) groups is 4. The highest BCUT2D eigenvalue weighted by molar-refractivity contribution is 7.14. The maximum Gasteiger partial charge on any atom is 0.413 e. The first-order valence-electron chi connectivity index (χ1n) is 10.9. The Bertz CT molecular complexity index is 1020. The standard InChI is InChI=1S/C20H29N7O7S/c1-19(2,3)33-18(32)26-17-24-11(9-35-17)13(27-34-20(4-5-20)16(30)31)15(29)25-12-10(23-14(12)28)8-22-7-6-21/h9-10,12,22H,4-8,21H2,1-3H3,(H,23,28)(H,25,29)(H,30,31)(H,24,26,32)/b27-13-/t10-,12+/m1/s1. The molecule has 3 rings (SSSR count). The molecule has 1 aliphatic carbocycles. The molecular formula is C20H29N7O7S. The average molecular weight is 512 g/mol. The second kappa shape index (κ2) is 10.5. The van der Waals surface area contributed by atoms with Gasteiger partial charge in [0.1, 0.15) is 17.3 Å². The lowest BCUT2D eigenvalue weighted by Crippen LogP contribution is -2.72. The Morgan fingerprint density at radius 3 is 2.66 bits per heavy atom. The number of hydrogen-bond acceptors (Lipinski definition) is 11. The smallest absolute Gasteiger partial charge is 0.413 e. The fourth-order valence-corrected chi connectivity index (χ4v) is 3.65. The fraction of sp³-hybridized carbons (Fsp3) is 0.600. The predicted octanol–water partition coefficient (Wildman–Crippen LogP) is -0.640. The van der Waals surface area contributed by atoms with Gasteiger partial charge in [-0.15, -0.1) is 11.3 Å². The van der Waals surface area contributed by atoms with Crippen molar-refractivity contribution in [1.29, 1.82) is 0 Å². The number of oxime groups is 1. The van der Waals surface area contributed by atoms with Crippen molar-refractivity contribution < 1.29 is 33.9 Å². The van der Waals surface area contributed by atoms with Crippen molar-refractivity contribution in [3.8, 4) is 0 Å². The summed E-state index contributed by atoms with van der Waals surface area (Å²) in [5.74, 6) is -2.37. The number of nitrogens with two attached hydrogens (primary N) is 1. The maximum atomic E-state index is 13.1. The van der Waals surface area contributed by atoms with E-state index >= 15 is 0 Å². The van der Waals surface area contributed by atoms with Gasteiger partial charge in [-0.25, -0.2) is 14.6 Å². The molecule has 7 N–H and O–H groups in total. The molecule has 14 nitrogen and oxygen atoms in total. The van der Waals surface area contributed by atoms with Crippen molar-refractivity contribution in [3.05, 3.63) is 11.1 Å². The van der Waals surface area contributed by atoms with Crippen LogP contribution in [0.3, 0.4) is 0 Å². The molecule has 1 aliphatic heterocycles. The number of ether oxygens (including phenoxy) is 1. The Hall–Kier alpha value is -3.30. The zero-order valence-corrected chi connectivity index (χ0v) is 20.4. The van der Waals surface area contributed by atoms with Crippen molar-refractivity contribution in [2.24, 2.45) is 10.9 Å². The minimum absolute atomic E-state index is 0.0253. The van der Waals surface area contributed by atoms with Crippen LogP contribution in [0.25, 0.3) is 0 Å². The average Bonchev–Trinajstić information content (AvgIpc) is 3.42. The van der Waals surface area contributed by atoms with Crippen LogP contribution in [-0.4, -0.2) is 82.6 Å². The van der Waals surface area contributed by atoms with Crippen LogP contribution in [0, 0.1) is 0 Å². The van der Waals surface area contributed by atoms with E-state index in [4.69, 9.17) is 15.3 Å². The molecule has 1 aromatic rings. The van der Waals surface area contributed by atoms with Crippen LogP contribution in [0.1, 0.15) is 39.3 Å². The van der Waals surface area contributed by atoms with Crippen molar-refractivity contribution in [1.82, 2.24) is 20.9 Å². The summed E-state index contributed by atoms with van der Waals surface area (Å²) < 4.78 is 5.18. The largest absolute Gasteiger partial charge is 0.478 e. The van der Waals surface area contributed by atoms with Crippen LogP contribution in [0.4, 0.5) is 9.93 Å². The second-order valence-corrected chi connectivity index (χ2v) is 9.91. The van der Waals surface area contributed by atoms with Crippen LogP contribution >= 0.6 is 11.3 Å². The van der Waals surface area contributed by atoms with E-state index in [1.807, 2.05) is 0 Å². The third kappa shape index (κ3) is 6.86. The van der Waals surface area contributed by atoms with Crippen LogP contribution < -0.4 is 27.0 Å². The summed E-state index contributed by atoms with van der Waals surface area (Å²) in [6.45, 7) is 6.46. The summed E-state index contributed by atoms with van der Waals surface area (Å²) in [4.78, 5) is 58.0. The Morgan fingerprint density at radius 1 is 1.37 bits per heavy atom. The molecule has 2 atom stereocenters. The number of hydrogen-bond donors (Lipinski definition) is 6. The van der Waals surface area contributed by atoms with E-state index in [1.165, 1.54) is 5.38 Å². The molecular weight excluding hydrogens is 482 g/mol. The number of aliphatic carboxylic acids is 1. The lowest BCUT2D eigenvalue weighted by atomic mass is 9.98. The van der Waals surface area contributed by atoms with Gasteiger partial charge in [0, 0.05) is 37.9 Å². The Labute approximate surface area is 205 Å². The normalized spacial score (nSPS) is 20.8. The van der Waals surface area contributed by atoms with Gasteiger partial charge < -0.3 is 36.4 Å². The Morgan fingerprint density at radius 2 is 2.09 bits per heavy atom. The van der Waals surface area contributed by atoms with E-state index in [0.717, 1.165) is 11.3 Å². The number of carboxylic acid groups (broad SMARTS) is 1. The molecule has 0 radical (unpaired) electrons. The van der Waals surface area contributed by atoms with Gasteiger partial charge in [0.05, 0.1) is 6.04 Å².